The third-order valence-corrected chi connectivity index (χ3v) is 5.00. The van der Waals surface area contributed by atoms with Crippen molar-refractivity contribution in [2.75, 3.05) is 19.0 Å². The Kier molecular flexibility index (Phi) is 4.47. The van der Waals surface area contributed by atoms with E-state index in [9.17, 15) is 9.18 Å². The topological polar surface area (TPSA) is 43.3 Å². The fourth-order valence-electron chi connectivity index (χ4n) is 3.46. The van der Waals surface area contributed by atoms with E-state index in [-0.39, 0.29) is 23.6 Å². The normalized spacial score (nSPS) is 18.8. The van der Waals surface area contributed by atoms with Crippen LogP contribution in [0.3, 0.4) is 0 Å². The Labute approximate surface area is 151 Å². The minimum Gasteiger partial charge on any atom is -0.383 e. The first-order valence-corrected chi connectivity index (χ1v) is 8.80. The number of nitrogens with zero attached hydrogens (tertiary/aromatic N) is 1. The predicted octanol–water partition coefficient (Wildman–Crippen LogP) is 4.17. The van der Waals surface area contributed by atoms with Gasteiger partial charge in [0, 0.05) is 42.4 Å². The smallest absolute Gasteiger partial charge is 0.228 e. The van der Waals surface area contributed by atoms with Crippen LogP contribution in [0.25, 0.3) is 10.9 Å². The van der Waals surface area contributed by atoms with Gasteiger partial charge in [-0.15, -0.1) is 0 Å². The van der Waals surface area contributed by atoms with Gasteiger partial charge in [0.25, 0.3) is 0 Å². The predicted molar refractivity (Wildman–Crippen MR) is 99.7 cm³/mol. The van der Waals surface area contributed by atoms with Crippen molar-refractivity contribution in [1.82, 2.24) is 4.57 Å². The van der Waals surface area contributed by atoms with Gasteiger partial charge in [-0.25, -0.2) is 4.39 Å². The van der Waals surface area contributed by atoms with Crippen LogP contribution in [0, 0.1) is 11.7 Å². The van der Waals surface area contributed by atoms with Gasteiger partial charge in [-0.2, -0.15) is 0 Å². The lowest BCUT2D eigenvalue weighted by Crippen LogP contribution is -2.14. The molecular weight excluding hydrogens is 331 g/mol. The number of hydrogen-bond acceptors (Lipinski definition) is 2. The molecule has 1 heterocycles. The van der Waals surface area contributed by atoms with E-state index in [4.69, 9.17) is 4.74 Å². The highest BCUT2D eigenvalue weighted by atomic mass is 19.1. The molecule has 1 amide bonds. The maximum Gasteiger partial charge on any atom is 0.228 e. The fraction of sp³-hybridized carbons (Fsp3) is 0.286. The molecule has 1 aliphatic rings. The third kappa shape index (κ3) is 3.35. The van der Waals surface area contributed by atoms with Gasteiger partial charge < -0.3 is 14.6 Å². The summed E-state index contributed by atoms with van der Waals surface area (Å²) in [5.74, 6) is -0.0736. The molecule has 1 saturated carbocycles. The molecule has 2 unspecified atom stereocenters. The Balaban J connectivity index is 1.42. The molecule has 26 heavy (non-hydrogen) atoms. The minimum absolute atomic E-state index is 0.0255. The molecule has 1 aromatic heterocycles. The number of benzene rings is 2. The Bertz CT molecular complexity index is 933. The van der Waals surface area contributed by atoms with Crippen LogP contribution in [0.15, 0.2) is 54.7 Å². The number of carbonyl (C=O) groups excluding carboxylic acids is 1. The average Bonchev–Trinajstić information content (AvgIpc) is 3.35. The molecular formula is C21H21FN2O2. The van der Waals surface area contributed by atoms with Crippen LogP contribution in [0.1, 0.15) is 17.9 Å². The Morgan fingerprint density at radius 2 is 2.04 bits per heavy atom. The van der Waals surface area contributed by atoms with Crippen molar-refractivity contribution in [2.45, 2.75) is 18.9 Å². The standard InChI is InChI=1S/C21H21FN2O2/c1-26-11-10-24-9-8-15-12-17(6-7-20(15)24)23-21(25)19-13-18(19)14-2-4-16(22)5-3-14/h2-9,12,18-19H,10-11,13H2,1H3,(H,23,25). The summed E-state index contributed by atoms with van der Waals surface area (Å²) >= 11 is 0. The zero-order valence-corrected chi connectivity index (χ0v) is 14.6. The van der Waals surface area contributed by atoms with Crippen LogP contribution in [0.5, 0.6) is 0 Å². The fourth-order valence-corrected chi connectivity index (χ4v) is 3.46. The number of methoxy groups -OCH3 is 1. The molecule has 4 rings (SSSR count). The van der Waals surface area contributed by atoms with Gasteiger partial charge in [0.15, 0.2) is 0 Å². The maximum absolute atomic E-state index is 13.0. The van der Waals surface area contributed by atoms with Crippen molar-refractivity contribution < 1.29 is 13.9 Å². The summed E-state index contributed by atoms with van der Waals surface area (Å²) in [6.45, 7) is 1.46. The number of ether oxygens (including phenoxy) is 1. The maximum atomic E-state index is 13.0. The largest absolute Gasteiger partial charge is 0.383 e. The van der Waals surface area contributed by atoms with Crippen molar-refractivity contribution >= 4 is 22.5 Å². The molecule has 1 N–H and O–H groups in total. The number of aromatic nitrogens is 1. The first kappa shape index (κ1) is 16.8. The number of fused-ring (bicyclic) bond motifs is 1. The summed E-state index contributed by atoms with van der Waals surface area (Å²) in [5.41, 5.74) is 2.95. The highest BCUT2D eigenvalue weighted by molar-refractivity contribution is 5.97. The van der Waals surface area contributed by atoms with Crippen LogP contribution in [-0.4, -0.2) is 24.2 Å². The molecule has 0 radical (unpaired) electrons. The first-order chi connectivity index (χ1) is 12.7. The first-order valence-electron chi connectivity index (χ1n) is 8.80. The molecule has 4 nitrogen and oxygen atoms in total. The highest BCUT2D eigenvalue weighted by Gasteiger charge is 2.43. The van der Waals surface area contributed by atoms with Crippen molar-refractivity contribution in [3.05, 3.63) is 66.1 Å². The zero-order chi connectivity index (χ0) is 18.1. The summed E-state index contributed by atoms with van der Waals surface area (Å²) < 4.78 is 20.3. The van der Waals surface area contributed by atoms with Crippen molar-refractivity contribution in [3.63, 3.8) is 0 Å². The molecule has 0 aliphatic heterocycles. The van der Waals surface area contributed by atoms with E-state index in [0.717, 1.165) is 35.1 Å². The van der Waals surface area contributed by atoms with Crippen LogP contribution in [0.4, 0.5) is 10.1 Å². The zero-order valence-electron chi connectivity index (χ0n) is 14.6. The van der Waals surface area contributed by atoms with Gasteiger partial charge in [-0.3, -0.25) is 4.79 Å². The van der Waals surface area contributed by atoms with Gasteiger partial charge in [0.1, 0.15) is 5.82 Å². The van der Waals surface area contributed by atoms with Gasteiger partial charge in [-0.05, 0) is 54.3 Å². The number of anilines is 1. The van der Waals surface area contributed by atoms with E-state index in [2.05, 4.69) is 9.88 Å². The molecule has 0 spiro atoms. The lowest BCUT2D eigenvalue weighted by atomic mass is 10.1. The van der Waals surface area contributed by atoms with Crippen molar-refractivity contribution in [2.24, 2.45) is 5.92 Å². The molecule has 1 aliphatic carbocycles. The Morgan fingerprint density at radius 3 is 2.81 bits per heavy atom. The Hall–Kier alpha value is -2.66. The van der Waals surface area contributed by atoms with Gasteiger partial charge in [0.2, 0.25) is 5.91 Å². The van der Waals surface area contributed by atoms with Crippen molar-refractivity contribution in [1.29, 1.82) is 0 Å². The summed E-state index contributed by atoms with van der Waals surface area (Å²) in [4.78, 5) is 12.5. The van der Waals surface area contributed by atoms with E-state index in [1.807, 2.05) is 30.5 Å². The van der Waals surface area contributed by atoms with E-state index in [1.54, 1.807) is 19.2 Å². The Morgan fingerprint density at radius 1 is 1.23 bits per heavy atom. The lowest BCUT2D eigenvalue weighted by Gasteiger charge is -2.07. The van der Waals surface area contributed by atoms with E-state index in [1.165, 1.54) is 12.1 Å². The summed E-state index contributed by atoms with van der Waals surface area (Å²) in [7, 11) is 1.69. The molecule has 0 bridgehead atoms. The lowest BCUT2D eigenvalue weighted by molar-refractivity contribution is -0.117. The van der Waals surface area contributed by atoms with Crippen LogP contribution >= 0.6 is 0 Å². The summed E-state index contributed by atoms with van der Waals surface area (Å²) in [6, 6.07) is 14.4. The van der Waals surface area contributed by atoms with E-state index < -0.39 is 0 Å². The van der Waals surface area contributed by atoms with Crippen LogP contribution in [0.2, 0.25) is 0 Å². The minimum atomic E-state index is -0.249. The summed E-state index contributed by atoms with van der Waals surface area (Å²) in [6.07, 6.45) is 2.84. The van der Waals surface area contributed by atoms with Crippen LogP contribution < -0.4 is 5.32 Å². The number of hydrogen-bond donors (Lipinski definition) is 1. The molecule has 3 aromatic rings. The molecule has 0 saturated heterocycles. The molecule has 2 aromatic carbocycles. The number of amides is 1. The quantitative estimate of drug-likeness (QED) is 0.724. The van der Waals surface area contributed by atoms with Crippen molar-refractivity contribution in [3.8, 4) is 0 Å². The third-order valence-electron chi connectivity index (χ3n) is 5.00. The van der Waals surface area contributed by atoms with Gasteiger partial charge in [-0.1, -0.05) is 12.1 Å². The SMILES string of the molecule is COCCn1ccc2cc(NC(=O)C3CC3c3ccc(F)cc3)ccc21. The van der Waals surface area contributed by atoms with Gasteiger partial charge >= 0.3 is 0 Å². The summed E-state index contributed by atoms with van der Waals surface area (Å²) in [5, 5.41) is 4.10. The second-order valence-electron chi connectivity index (χ2n) is 6.77. The molecule has 134 valence electrons. The molecule has 2 atom stereocenters. The number of halogens is 1. The molecule has 1 fully saturated rings. The van der Waals surface area contributed by atoms with Gasteiger partial charge in [0.05, 0.1) is 6.61 Å². The monoisotopic (exact) mass is 352 g/mol. The average molecular weight is 352 g/mol. The van der Waals surface area contributed by atoms with Crippen LogP contribution in [-0.2, 0) is 16.1 Å². The van der Waals surface area contributed by atoms with E-state index >= 15 is 0 Å². The second-order valence-corrected chi connectivity index (χ2v) is 6.77. The highest BCUT2D eigenvalue weighted by Crippen LogP contribution is 2.48. The molecule has 5 heteroatoms. The number of rotatable bonds is 6. The second kappa shape index (κ2) is 6.92. The van der Waals surface area contributed by atoms with E-state index in [0.29, 0.717) is 6.61 Å². The number of nitrogens with one attached hydrogen (secondary N) is 1. The number of carbonyl (C=O) groups is 1.